The van der Waals surface area contributed by atoms with Gasteiger partial charge in [-0.05, 0) is 102 Å². The smallest absolute Gasteiger partial charge is 0.0794 e. The number of rotatable bonds is 2. The summed E-state index contributed by atoms with van der Waals surface area (Å²) >= 11 is 1.90. The number of nitrogens with zero attached hydrogens (tertiary/aromatic N) is 1. The number of pyridine rings is 1. The molecule has 0 amide bonds. The fraction of sp³-hybridized carbons (Fsp3) is 0.0185. The molecule has 9 aromatic carbocycles. The lowest BCUT2D eigenvalue weighted by molar-refractivity contribution is 0.794. The van der Waals surface area contributed by atoms with Gasteiger partial charge in [-0.25, -0.2) is 4.98 Å². The van der Waals surface area contributed by atoms with Gasteiger partial charge in [0.05, 0.1) is 16.6 Å². The Kier molecular flexibility index (Phi) is 6.04. The van der Waals surface area contributed by atoms with Gasteiger partial charge in [0, 0.05) is 36.5 Å². The highest BCUT2D eigenvalue weighted by Crippen LogP contribution is 2.63. The van der Waals surface area contributed by atoms with Crippen molar-refractivity contribution < 1.29 is 0 Å². The zero-order valence-electron chi connectivity index (χ0n) is 30.3. The Balaban J connectivity index is 1.08. The third-order valence-electron chi connectivity index (χ3n) is 12.7. The van der Waals surface area contributed by atoms with E-state index in [4.69, 9.17) is 4.98 Å². The van der Waals surface area contributed by atoms with E-state index >= 15 is 0 Å². The van der Waals surface area contributed by atoms with Gasteiger partial charge in [0.1, 0.15) is 0 Å². The molecule has 0 saturated carbocycles. The lowest BCUT2D eigenvalue weighted by atomic mass is 9.70. The third-order valence-corrected chi connectivity index (χ3v) is 13.9. The first-order valence-electron chi connectivity index (χ1n) is 19.4. The van der Waals surface area contributed by atoms with Crippen LogP contribution in [0.3, 0.4) is 0 Å². The van der Waals surface area contributed by atoms with Crippen LogP contribution < -0.4 is 0 Å². The van der Waals surface area contributed by atoms with Crippen molar-refractivity contribution in [3.05, 3.63) is 210 Å². The van der Waals surface area contributed by atoms with Crippen LogP contribution in [-0.2, 0) is 5.41 Å². The number of benzene rings is 9. The molecular weight excluding hydrogens is 695 g/mol. The van der Waals surface area contributed by atoms with Crippen molar-refractivity contribution >= 4 is 64.0 Å². The number of fused-ring (bicyclic) bond motifs is 19. The molecule has 2 heteroatoms. The summed E-state index contributed by atoms with van der Waals surface area (Å²) in [6, 6.07) is 70.1. The normalized spacial score (nSPS) is 13.5. The standard InChI is InChI=1S/C54H31NS/c1-2-14-37-35(12-1)36-13-3-4-18-43(36)52-44(37)28-29-50(55-52)33-25-27-41-40-26-24-32(34-19-11-20-45-42-17-7-10-23-51(42)56-53(34)45)30-48(40)54(49(41)31-33)46-21-8-5-15-38(46)39-16-6-9-22-47(39)54/h1-31H. The fourth-order valence-corrected chi connectivity index (χ4v) is 11.6. The maximum atomic E-state index is 5.50. The minimum atomic E-state index is -0.475. The molecule has 2 heterocycles. The fourth-order valence-electron chi connectivity index (χ4n) is 10.4. The predicted molar refractivity (Wildman–Crippen MR) is 237 cm³/mol. The molecule has 0 unspecified atom stereocenters. The van der Waals surface area contributed by atoms with Gasteiger partial charge in [-0.2, -0.15) is 0 Å². The summed E-state index contributed by atoms with van der Waals surface area (Å²) in [5.41, 5.74) is 15.8. The zero-order chi connectivity index (χ0) is 36.5. The summed E-state index contributed by atoms with van der Waals surface area (Å²) in [4.78, 5) is 5.50. The molecule has 0 saturated heterocycles. The Morgan fingerprint density at radius 3 is 1.55 bits per heavy atom. The predicted octanol–water partition coefficient (Wildman–Crippen LogP) is 14.6. The lowest BCUT2D eigenvalue weighted by Gasteiger charge is -2.31. The highest BCUT2D eigenvalue weighted by Gasteiger charge is 2.51. The molecule has 0 radical (unpaired) electrons. The largest absolute Gasteiger partial charge is 0.247 e. The second kappa shape index (κ2) is 11.1. The Hall–Kier alpha value is -6.87. The van der Waals surface area contributed by atoms with Gasteiger partial charge >= 0.3 is 0 Å². The van der Waals surface area contributed by atoms with Crippen LogP contribution in [0.25, 0.3) is 97.3 Å². The van der Waals surface area contributed by atoms with Crippen molar-refractivity contribution in [2.24, 2.45) is 0 Å². The minimum absolute atomic E-state index is 0.475. The van der Waals surface area contributed by atoms with Crippen molar-refractivity contribution in [2.75, 3.05) is 0 Å². The molecule has 1 nitrogen and oxygen atoms in total. The number of thiophene rings is 1. The van der Waals surface area contributed by atoms with Crippen LogP contribution in [0.1, 0.15) is 22.3 Å². The highest BCUT2D eigenvalue weighted by atomic mass is 32.1. The number of aromatic nitrogens is 1. The Morgan fingerprint density at radius 1 is 0.339 bits per heavy atom. The van der Waals surface area contributed by atoms with Gasteiger partial charge in [-0.1, -0.05) is 158 Å². The van der Waals surface area contributed by atoms with Crippen LogP contribution in [-0.4, -0.2) is 4.98 Å². The van der Waals surface area contributed by atoms with Gasteiger partial charge in [0.15, 0.2) is 0 Å². The molecule has 258 valence electrons. The Labute approximate surface area is 327 Å². The van der Waals surface area contributed by atoms with Crippen molar-refractivity contribution in [1.82, 2.24) is 4.98 Å². The van der Waals surface area contributed by atoms with E-state index in [1.54, 1.807) is 0 Å². The highest BCUT2D eigenvalue weighted by molar-refractivity contribution is 7.26. The summed E-state index contributed by atoms with van der Waals surface area (Å²) in [7, 11) is 0. The molecule has 1 spiro atoms. The summed E-state index contributed by atoms with van der Waals surface area (Å²) in [5, 5.41) is 8.78. The van der Waals surface area contributed by atoms with Crippen LogP contribution in [0.5, 0.6) is 0 Å². The molecule has 0 aliphatic heterocycles. The molecule has 2 aliphatic carbocycles. The molecule has 0 atom stereocenters. The molecule has 0 fully saturated rings. The van der Waals surface area contributed by atoms with E-state index < -0.39 is 5.41 Å². The monoisotopic (exact) mass is 725 g/mol. The van der Waals surface area contributed by atoms with E-state index in [2.05, 4.69) is 188 Å². The zero-order valence-corrected chi connectivity index (χ0v) is 31.1. The van der Waals surface area contributed by atoms with Crippen LogP contribution in [0.4, 0.5) is 0 Å². The van der Waals surface area contributed by atoms with E-state index in [1.807, 2.05) is 11.3 Å². The van der Waals surface area contributed by atoms with E-state index in [0.29, 0.717) is 0 Å². The van der Waals surface area contributed by atoms with Gasteiger partial charge in [-0.3, -0.25) is 0 Å². The maximum absolute atomic E-state index is 5.50. The quantitative estimate of drug-likeness (QED) is 0.162. The molecule has 56 heavy (non-hydrogen) atoms. The number of hydrogen-bond acceptors (Lipinski definition) is 2. The summed E-state index contributed by atoms with van der Waals surface area (Å²) < 4.78 is 2.67. The van der Waals surface area contributed by atoms with Crippen molar-refractivity contribution in [3.63, 3.8) is 0 Å². The van der Waals surface area contributed by atoms with E-state index in [-0.39, 0.29) is 0 Å². The molecule has 0 N–H and O–H groups in total. The average Bonchev–Trinajstić information content (AvgIpc) is 3.90. The molecule has 0 bridgehead atoms. The van der Waals surface area contributed by atoms with E-state index in [9.17, 15) is 0 Å². The van der Waals surface area contributed by atoms with Gasteiger partial charge < -0.3 is 0 Å². The molecule has 2 aromatic heterocycles. The molecule has 2 aliphatic rings. The summed E-state index contributed by atoms with van der Waals surface area (Å²) in [6.45, 7) is 0. The average molecular weight is 726 g/mol. The van der Waals surface area contributed by atoms with Gasteiger partial charge in [0.25, 0.3) is 0 Å². The number of hydrogen-bond donors (Lipinski definition) is 0. The summed E-state index contributed by atoms with van der Waals surface area (Å²) in [5.74, 6) is 0. The Morgan fingerprint density at radius 2 is 0.839 bits per heavy atom. The molecule has 13 rings (SSSR count). The van der Waals surface area contributed by atoms with Gasteiger partial charge in [-0.15, -0.1) is 11.3 Å². The Bertz CT molecular complexity index is 3410. The van der Waals surface area contributed by atoms with Crippen molar-refractivity contribution in [3.8, 4) is 44.6 Å². The van der Waals surface area contributed by atoms with Crippen LogP contribution in [0, 0.1) is 0 Å². The van der Waals surface area contributed by atoms with E-state index in [0.717, 1.165) is 16.8 Å². The van der Waals surface area contributed by atoms with Crippen LogP contribution in [0.15, 0.2) is 188 Å². The minimum Gasteiger partial charge on any atom is -0.247 e. The third kappa shape index (κ3) is 3.86. The first-order valence-corrected chi connectivity index (χ1v) is 20.2. The maximum Gasteiger partial charge on any atom is 0.0794 e. The van der Waals surface area contributed by atoms with Crippen LogP contribution >= 0.6 is 11.3 Å². The van der Waals surface area contributed by atoms with E-state index in [1.165, 1.54) is 103 Å². The first kappa shape index (κ1) is 30.5. The van der Waals surface area contributed by atoms with Crippen molar-refractivity contribution in [2.45, 2.75) is 5.41 Å². The van der Waals surface area contributed by atoms with Crippen molar-refractivity contribution in [1.29, 1.82) is 0 Å². The SMILES string of the molecule is c1ccc2c(c1)-c1ccccc1C21c2cc(-c3ccc4c5ccccc5c5ccccc5c4n3)ccc2-c2ccc(-c3cccc4c3sc3ccccc34)cc21. The second-order valence-electron chi connectivity index (χ2n) is 15.3. The molecular formula is C54H31NS. The lowest BCUT2D eigenvalue weighted by Crippen LogP contribution is -2.26. The van der Waals surface area contributed by atoms with Gasteiger partial charge in [0.2, 0.25) is 0 Å². The second-order valence-corrected chi connectivity index (χ2v) is 16.4. The summed E-state index contributed by atoms with van der Waals surface area (Å²) in [6.07, 6.45) is 0. The van der Waals surface area contributed by atoms with Crippen LogP contribution in [0.2, 0.25) is 0 Å². The first-order chi connectivity index (χ1) is 27.8. The molecule has 11 aromatic rings. The topological polar surface area (TPSA) is 12.9 Å².